The first-order valence-corrected chi connectivity index (χ1v) is 7.17. The van der Waals surface area contributed by atoms with E-state index in [1.54, 1.807) is 0 Å². The molecule has 0 heterocycles. The molecule has 1 aromatic carbocycles. The minimum atomic E-state index is -0.745. The molecule has 0 amide bonds. The molecule has 108 valence electrons. The van der Waals surface area contributed by atoms with E-state index in [4.69, 9.17) is 0 Å². The van der Waals surface area contributed by atoms with Crippen LogP contribution in [0.2, 0.25) is 0 Å². The maximum Gasteiger partial charge on any atom is 0.0767 e. The third kappa shape index (κ3) is 4.32. The molecule has 2 nitrogen and oxygen atoms in total. The summed E-state index contributed by atoms with van der Waals surface area (Å²) in [5.74, 6) is 1.02. The van der Waals surface area contributed by atoms with Gasteiger partial charge in [0.05, 0.1) is 5.60 Å². The SMILES string of the molecule is CC(C)C(CNC(C)(C)C(C)(C)O)c1ccccc1. The van der Waals surface area contributed by atoms with Crippen molar-refractivity contribution in [3.63, 3.8) is 0 Å². The fraction of sp³-hybridized carbons (Fsp3) is 0.647. The van der Waals surface area contributed by atoms with Gasteiger partial charge in [-0.1, -0.05) is 44.2 Å². The maximum absolute atomic E-state index is 10.2. The number of hydrogen-bond acceptors (Lipinski definition) is 2. The Balaban J connectivity index is 2.77. The molecule has 0 aliphatic heterocycles. The molecule has 0 aliphatic carbocycles. The summed E-state index contributed by atoms with van der Waals surface area (Å²) in [5, 5.41) is 13.7. The van der Waals surface area contributed by atoms with Crippen molar-refractivity contribution in [3.8, 4) is 0 Å². The Hall–Kier alpha value is -0.860. The molecule has 0 spiro atoms. The fourth-order valence-electron chi connectivity index (χ4n) is 2.02. The van der Waals surface area contributed by atoms with Crippen LogP contribution in [-0.2, 0) is 0 Å². The number of nitrogens with one attached hydrogen (secondary N) is 1. The molecular weight excluding hydrogens is 234 g/mol. The largest absolute Gasteiger partial charge is 0.389 e. The van der Waals surface area contributed by atoms with Crippen molar-refractivity contribution in [3.05, 3.63) is 35.9 Å². The van der Waals surface area contributed by atoms with Crippen LogP contribution >= 0.6 is 0 Å². The van der Waals surface area contributed by atoms with Gasteiger partial charge >= 0.3 is 0 Å². The van der Waals surface area contributed by atoms with E-state index in [1.807, 2.05) is 13.8 Å². The van der Waals surface area contributed by atoms with Crippen LogP contribution in [0, 0.1) is 5.92 Å². The Morgan fingerprint density at radius 1 is 1.05 bits per heavy atom. The fourth-order valence-corrected chi connectivity index (χ4v) is 2.02. The normalized spacial score (nSPS) is 14.7. The molecule has 19 heavy (non-hydrogen) atoms. The summed E-state index contributed by atoms with van der Waals surface area (Å²) in [6, 6.07) is 10.6. The van der Waals surface area contributed by atoms with E-state index >= 15 is 0 Å². The van der Waals surface area contributed by atoms with E-state index in [9.17, 15) is 5.11 Å². The lowest BCUT2D eigenvalue weighted by Gasteiger charge is -2.39. The van der Waals surface area contributed by atoms with E-state index in [2.05, 4.69) is 63.3 Å². The van der Waals surface area contributed by atoms with Crippen molar-refractivity contribution in [2.45, 2.75) is 58.6 Å². The number of benzene rings is 1. The van der Waals surface area contributed by atoms with Gasteiger partial charge in [0.1, 0.15) is 0 Å². The van der Waals surface area contributed by atoms with Crippen molar-refractivity contribution in [2.24, 2.45) is 5.92 Å². The molecule has 2 heteroatoms. The molecule has 0 aliphatic rings. The van der Waals surface area contributed by atoms with Gasteiger partial charge in [0.25, 0.3) is 0 Å². The summed E-state index contributed by atoms with van der Waals surface area (Å²) in [7, 11) is 0. The van der Waals surface area contributed by atoms with Crippen molar-refractivity contribution >= 4 is 0 Å². The molecule has 1 rings (SSSR count). The van der Waals surface area contributed by atoms with Crippen LogP contribution < -0.4 is 5.32 Å². The quantitative estimate of drug-likeness (QED) is 0.822. The summed E-state index contributed by atoms with van der Waals surface area (Å²) < 4.78 is 0. The average molecular weight is 263 g/mol. The Kier molecular flexibility index (Phi) is 5.17. The molecule has 0 aromatic heterocycles. The molecule has 0 saturated carbocycles. The van der Waals surface area contributed by atoms with Gasteiger partial charge in [0.15, 0.2) is 0 Å². The Morgan fingerprint density at radius 3 is 2.00 bits per heavy atom. The van der Waals surface area contributed by atoms with Gasteiger partial charge in [-0.2, -0.15) is 0 Å². The lowest BCUT2D eigenvalue weighted by atomic mass is 9.83. The van der Waals surface area contributed by atoms with Gasteiger partial charge in [0.2, 0.25) is 0 Å². The van der Waals surface area contributed by atoms with Crippen molar-refractivity contribution in [2.75, 3.05) is 6.54 Å². The third-order valence-electron chi connectivity index (χ3n) is 4.33. The highest BCUT2D eigenvalue weighted by atomic mass is 16.3. The monoisotopic (exact) mass is 263 g/mol. The van der Waals surface area contributed by atoms with Crippen molar-refractivity contribution < 1.29 is 5.11 Å². The minimum absolute atomic E-state index is 0.311. The second-order valence-electron chi connectivity index (χ2n) is 6.83. The van der Waals surface area contributed by atoms with Crippen LogP contribution in [0.1, 0.15) is 53.0 Å². The van der Waals surface area contributed by atoms with Gasteiger partial charge < -0.3 is 10.4 Å². The molecule has 1 atom stereocenters. The van der Waals surface area contributed by atoms with Crippen LogP contribution in [0.15, 0.2) is 30.3 Å². The predicted octanol–water partition coefficient (Wildman–Crippen LogP) is 3.57. The highest BCUT2D eigenvalue weighted by Crippen LogP contribution is 2.26. The second kappa shape index (κ2) is 6.06. The number of hydrogen-bond donors (Lipinski definition) is 2. The van der Waals surface area contributed by atoms with Gasteiger partial charge in [-0.15, -0.1) is 0 Å². The summed E-state index contributed by atoms with van der Waals surface area (Å²) >= 11 is 0. The topological polar surface area (TPSA) is 32.3 Å². The average Bonchev–Trinajstić information content (AvgIpc) is 2.28. The third-order valence-corrected chi connectivity index (χ3v) is 4.33. The second-order valence-corrected chi connectivity index (χ2v) is 6.83. The molecule has 0 saturated heterocycles. The number of aliphatic hydroxyl groups is 1. The molecule has 2 N–H and O–H groups in total. The van der Waals surface area contributed by atoms with Crippen LogP contribution in [-0.4, -0.2) is 22.8 Å². The maximum atomic E-state index is 10.2. The molecular formula is C17H29NO. The lowest BCUT2D eigenvalue weighted by molar-refractivity contribution is -0.00549. The van der Waals surface area contributed by atoms with Crippen LogP contribution in [0.5, 0.6) is 0 Å². The van der Waals surface area contributed by atoms with E-state index in [-0.39, 0.29) is 5.54 Å². The van der Waals surface area contributed by atoms with Crippen molar-refractivity contribution in [1.29, 1.82) is 0 Å². The molecule has 0 radical (unpaired) electrons. The first-order valence-electron chi connectivity index (χ1n) is 7.17. The zero-order valence-corrected chi connectivity index (χ0v) is 13.2. The van der Waals surface area contributed by atoms with E-state index < -0.39 is 5.60 Å². The van der Waals surface area contributed by atoms with E-state index in [0.29, 0.717) is 11.8 Å². The van der Waals surface area contributed by atoms with Crippen molar-refractivity contribution in [1.82, 2.24) is 5.32 Å². The summed E-state index contributed by atoms with van der Waals surface area (Å²) in [6.07, 6.45) is 0. The van der Waals surface area contributed by atoms with E-state index in [1.165, 1.54) is 5.56 Å². The van der Waals surface area contributed by atoms with Crippen LogP contribution in [0.25, 0.3) is 0 Å². The summed E-state index contributed by atoms with van der Waals surface area (Å²) in [4.78, 5) is 0. The predicted molar refractivity (Wildman–Crippen MR) is 82.4 cm³/mol. The number of rotatable bonds is 6. The van der Waals surface area contributed by atoms with Gasteiger partial charge in [-0.05, 0) is 45.1 Å². The molecule has 1 unspecified atom stereocenters. The standard InChI is InChI=1S/C17H29NO/c1-13(2)15(14-10-8-7-9-11-14)12-18-16(3,4)17(5,6)19/h7-11,13,15,18-19H,12H2,1-6H3. The Bertz CT molecular complexity index is 376. The van der Waals surface area contributed by atoms with Gasteiger partial charge in [-0.3, -0.25) is 0 Å². The van der Waals surface area contributed by atoms with Gasteiger partial charge in [-0.25, -0.2) is 0 Å². The summed E-state index contributed by atoms with van der Waals surface area (Å²) in [6.45, 7) is 13.2. The summed E-state index contributed by atoms with van der Waals surface area (Å²) in [5.41, 5.74) is 0.302. The first-order chi connectivity index (χ1) is 8.65. The first kappa shape index (κ1) is 16.2. The molecule has 0 fully saturated rings. The lowest BCUT2D eigenvalue weighted by Crippen LogP contribution is -2.56. The Labute approximate surface area is 118 Å². The Morgan fingerprint density at radius 2 is 1.58 bits per heavy atom. The highest BCUT2D eigenvalue weighted by Gasteiger charge is 2.35. The van der Waals surface area contributed by atoms with Crippen LogP contribution in [0.3, 0.4) is 0 Å². The zero-order valence-electron chi connectivity index (χ0n) is 13.2. The zero-order chi connectivity index (χ0) is 14.7. The van der Waals surface area contributed by atoms with Gasteiger partial charge in [0, 0.05) is 12.1 Å². The molecule has 1 aromatic rings. The molecule has 0 bridgehead atoms. The minimum Gasteiger partial charge on any atom is -0.389 e. The van der Waals surface area contributed by atoms with E-state index in [0.717, 1.165) is 6.54 Å². The highest BCUT2D eigenvalue weighted by molar-refractivity contribution is 5.20. The smallest absolute Gasteiger partial charge is 0.0767 e. The van der Waals surface area contributed by atoms with Crippen LogP contribution in [0.4, 0.5) is 0 Å².